The molecule has 0 bridgehead atoms. The normalized spacial score (nSPS) is 9.67. The minimum Gasteiger partial charge on any atom is -0.481 e. The third-order valence-electron chi connectivity index (χ3n) is 1.99. The summed E-state index contributed by atoms with van der Waals surface area (Å²) >= 11 is 7.43. The monoisotopic (exact) mass is 285 g/mol. The SMILES string of the molecule is N#Cc1ccc(S)c(CC(=O)O)c1CBr. The van der Waals surface area contributed by atoms with E-state index in [-0.39, 0.29) is 6.42 Å². The molecule has 15 heavy (non-hydrogen) atoms. The minimum absolute atomic E-state index is 0.116. The van der Waals surface area contributed by atoms with Gasteiger partial charge in [-0.3, -0.25) is 4.79 Å². The van der Waals surface area contributed by atoms with Gasteiger partial charge in [-0.1, -0.05) is 15.9 Å². The number of nitriles is 1. The Kier molecular flexibility index (Phi) is 4.18. The van der Waals surface area contributed by atoms with Gasteiger partial charge in [0, 0.05) is 10.2 Å². The summed E-state index contributed by atoms with van der Waals surface area (Å²) in [7, 11) is 0. The van der Waals surface area contributed by atoms with Crippen LogP contribution in [0.3, 0.4) is 0 Å². The van der Waals surface area contributed by atoms with E-state index in [9.17, 15) is 4.79 Å². The molecule has 0 saturated carbocycles. The molecule has 78 valence electrons. The predicted molar refractivity (Wildman–Crippen MR) is 62.4 cm³/mol. The van der Waals surface area contributed by atoms with Crippen LogP contribution in [0.4, 0.5) is 0 Å². The summed E-state index contributed by atoms with van der Waals surface area (Å²) in [6.07, 6.45) is -0.116. The number of rotatable bonds is 3. The average molecular weight is 286 g/mol. The summed E-state index contributed by atoms with van der Waals surface area (Å²) in [4.78, 5) is 11.3. The maximum absolute atomic E-state index is 10.7. The predicted octanol–water partition coefficient (Wildman–Crippen LogP) is 2.37. The van der Waals surface area contributed by atoms with Gasteiger partial charge in [-0.25, -0.2) is 0 Å². The molecule has 0 aliphatic carbocycles. The zero-order chi connectivity index (χ0) is 11.4. The number of carboxylic acids is 1. The Labute approximate surface area is 101 Å². The van der Waals surface area contributed by atoms with Gasteiger partial charge in [0.2, 0.25) is 0 Å². The molecule has 1 N–H and O–H groups in total. The van der Waals surface area contributed by atoms with Crippen LogP contribution in [0.15, 0.2) is 17.0 Å². The number of aliphatic carboxylic acids is 1. The molecule has 0 saturated heterocycles. The Morgan fingerprint density at radius 2 is 2.20 bits per heavy atom. The summed E-state index contributed by atoms with van der Waals surface area (Å²) in [6, 6.07) is 5.32. The summed E-state index contributed by atoms with van der Waals surface area (Å²) < 4.78 is 0. The number of thiol groups is 1. The molecule has 3 nitrogen and oxygen atoms in total. The fourth-order valence-electron chi connectivity index (χ4n) is 1.29. The van der Waals surface area contributed by atoms with Gasteiger partial charge in [0.15, 0.2) is 0 Å². The molecule has 1 rings (SSSR count). The van der Waals surface area contributed by atoms with Gasteiger partial charge in [0.05, 0.1) is 18.1 Å². The Morgan fingerprint density at radius 3 is 2.67 bits per heavy atom. The Balaban J connectivity index is 3.33. The fraction of sp³-hybridized carbons (Fsp3) is 0.200. The van der Waals surface area contributed by atoms with Crippen LogP contribution in [0, 0.1) is 11.3 Å². The van der Waals surface area contributed by atoms with Gasteiger partial charge in [-0.15, -0.1) is 12.6 Å². The van der Waals surface area contributed by atoms with E-state index in [1.54, 1.807) is 12.1 Å². The summed E-state index contributed by atoms with van der Waals surface area (Å²) in [5, 5.41) is 18.0. The molecule has 0 aliphatic rings. The maximum Gasteiger partial charge on any atom is 0.307 e. The lowest BCUT2D eigenvalue weighted by Crippen LogP contribution is -2.05. The molecule has 0 unspecified atom stereocenters. The lowest BCUT2D eigenvalue weighted by Gasteiger charge is -2.09. The highest BCUT2D eigenvalue weighted by molar-refractivity contribution is 9.08. The molecule has 0 radical (unpaired) electrons. The molecular weight excluding hydrogens is 278 g/mol. The maximum atomic E-state index is 10.7. The van der Waals surface area contributed by atoms with Crippen LogP contribution in [-0.4, -0.2) is 11.1 Å². The van der Waals surface area contributed by atoms with Crippen LogP contribution in [0.5, 0.6) is 0 Å². The van der Waals surface area contributed by atoms with E-state index >= 15 is 0 Å². The van der Waals surface area contributed by atoms with Crippen molar-refractivity contribution in [1.82, 2.24) is 0 Å². The Morgan fingerprint density at radius 1 is 1.53 bits per heavy atom. The van der Waals surface area contributed by atoms with E-state index < -0.39 is 5.97 Å². The van der Waals surface area contributed by atoms with E-state index in [1.165, 1.54) is 0 Å². The van der Waals surface area contributed by atoms with Crippen LogP contribution in [0.2, 0.25) is 0 Å². The van der Waals surface area contributed by atoms with Crippen molar-refractivity contribution in [2.45, 2.75) is 16.6 Å². The first-order valence-corrected chi connectivity index (χ1v) is 5.68. The quantitative estimate of drug-likeness (QED) is 0.662. The highest BCUT2D eigenvalue weighted by Crippen LogP contribution is 2.24. The van der Waals surface area contributed by atoms with Gasteiger partial charge in [-0.2, -0.15) is 5.26 Å². The second-order valence-electron chi connectivity index (χ2n) is 2.91. The molecule has 1 aromatic rings. The number of benzene rings is 1. The molecule has 0 heterocycles. The third-order valence-corrected chi connectivity index (χ3v) is 2.97. The molecular formula is C10H8BrNO2S. The van der Waals surface area contributed by atoms with Crippen LogP contribution < -0.4 is 0 Å². The largest absolute Gasteiger partial charge is 0.481 e. The number of hydrogen-bond donors (Lipinski definition) is 2. The molecule has 0 fully saturated rings. The van der Waals surface area contributed by atoms with Crippen LogP contribution in [0.25, 0.3) is 0 Å². The van der Waals surface area contributed by atoms with Crippen LogP contribution in [0.1, 0.15) is 16.7 Å². The van der Waals surface area contributed by atoms with Crippen molar-refractivity contribution >= 4 is 34.5 Å². The van der Waals surface area contributed by atoms with Crippen LogP contribution in [-0.2, 0) is 16.5 Å². The van der Waals surface area contributed by atoms with Gasteiger partial charge in [0.25, 0.3) is 0 Å². The lowest BCUT2D eigenvalue weighted by molar-refractivity contribution is -0.136. The average Bonchev–Trinajstić information content (AvgIpc) is 2.20. The standard InChI is InChI=1S/C10H8BrNO2S/c11-4-8-6(5-12)1-2-9(15)7(8)3-10(13)14/h1-2,15H,3-4H2,(H,13,14). The van der Waals surface area contributed by atoms with Gasteiger partial charge < -0.3 is 5.11 Å². The number of hydrogen-bond acceptors (Lipinski definition) is 3. The number of carboxylic acid groups (broad SMARTS) is 1. The fourth-order valence-corrected chi connectivity index (χ4v) is 2.22. The summed E-state index contributed by atoms with van der Waals surface area (Å²) in [5.41, 5.74) is 1.79. The van der Waals surface area contributed by atoms with Crippen molar-refractivity contribution in [1.29, 1.82) is 5.26 Å². The Hall–Kier alpha value is -0.990. The van der Waals surface area contributed by atoms with Crippen molar-refractivity contribution in [2.24, 2.45) is 0 Å². The molecule has 0 aromatic heterocycles. The van der Waals surface area contributed by atoms with E-state index in [0.717, 1.165) is 0 Å². The van der Waals surface area contributed by atoms with E-state index in [2.05, 4.69) is 28.6 Å². The molecule has 5 heteroatoms. The number of carbonyl (C=O) groups is 1. The molecule has 1 aromatic carbocycles. The van der Waals surface area contributed by atoms with Crippen molar-refractivity contribution in [2.75, 3.05) is 0 Å². The second kappa shape index (κ2) is 5.19. The van der Waals surface area contributed by atoms with Gasteiger partial charge in [0.1, 0.15) is 0 Å². The minimum atomic E-state index is -0.928. The first-order chi connectivity index (χ1) is 7.10. The van der Waals surface area contributed by atoms with Crippen LogP contribution >= 0.6 is 28.6 Å². The number of halogens is 1. The second-order valence-corrected chi connectivity index (χ2v) is 3.95. The van der Waals surface area contributed by atoms with Crippen molar-refractivity contribution in [3.05, 3.63) is 28.8 Å². The van der Waals surface area contributed by atoms with Gasteiger partial charge >= 0.3 is 5.97 Å². The van der Waals surface area contributed by atoms with E-state index in [1.807, 2.05) is 6.07 Å². The molecule has 0 aliphatic heterocycles. The van der Waals surface area contributed by atoms with E-state index in [0.29, 0.717) is 26.9 Å². The molecule has 0 atom stereocenters. The molecule has 0 spiro atoms. The van der Waals surface area contributed by atoms with Crippen molar-refractivity contribution in [3.8, 4) is 6.07 Å². The summed E-state index contributed by atoms with van der Waals surface area (Å²) in [5.74, 6) is -0.928. The smallest absolute Gasteiger partial charge is 0.307 e. The highest BCUT2D eigenvalue weighted by atomic mass is 79.9. The first-order valence-electron chi connectivity index (χ1n) is 4.11. The Bertz CT molecular complexity index is 440. The number of alkyl halides is 1. The number of nitrogens with zero attached hydrogens (tertiary/aromatic N) is 1. The highest BCUT2D eigenvalue weighted by Gasteiger charge is 2.13. The first kappa shape index (κ1) is 12.1. The summed E-state index contributed by atoms with van der Waals surface area (Å²) in [6.45, 7) is 0. The topological polar surface area (TPSA) is 61.1 Å². The van der Waals surface area contributed by atoms with E-state index in [4.69, 9.17) is 10.4 Å². The molecule has 0 amide bonds. The van der Waals surface area contributed by atoms with Gasteiger partial charge in [-0.05, 0) is 23.3 Å². The van der Waals surface area contributed by atoms with Crippen molar-refractivity contribution < 1.29 is 9.90 Å². The lowest BCUT2D eigenvalue weighted by atomic mass is 10.0. The zero-order valence-corrected chi connectivity index (χ0v) is 10.2. The zero-order valence-electron chi connectivity index (χ0n) is 7.70. The third kappa shape index (κ3) is 2.74. The van der Waals surface area contributed by atoms with Crippen molar-refractivity contribution in [3.63, 3.8) is 0 Å².